The Hall–Kier alpha value is -0.210. The van der Waals surface area contributed by atoms with Crippen molar-refractivity contribution in [2.45, 2.75) is 51.7 Å². The second-order valence-corrected chi connectivity index (χ2v) is 4.71. The molecule has 0 aliphatic carbocycles. The molecule has 7 heteroatoms. The SMILES string of the molecule is CC(C)(C)NC(N)=NCCCCC(F)(F)F.I. The normalized spacial score (nSPS) is 13.2. The van der Waals surface area contributed by atoms with Gasteiger partial charge in [0.1, 0.15) is 0 Å². The summed E-state index contributed by atoms with van der Waals surface area (Å²) in [5.74, 6) is 0.277. The maximum Gasteiger partial charge on any atom is 0.389 e. The summed E-state index contributed by atoms with van der Waals surface area (Å²) >= 11 is 0. The molecular weight excluding hydrogens is 346 g/mol. The van der Waals surface area contributed by atoms with Crippen molar-refractivity contribution in [1.29, 1.82) is 0 Å². The van der Waals surface area contributed by atoms with Crippen molar-refractivity contribution >= 4 is 29.9 Å². The topological polar surface area (TPSA) is 50.4 Å². The predicted molar refractivity (Wildman–Crippen MR) is 74.7 cm³/mol. The molecule has 0 saturated carbocycles. The van der Waals surface area contributed by atoms with Gasteiger partial charge in [-0.25, -0.2) is 0 Å². The van der Waals surface area contributed by atoms with E-state index in [-0.39, 0.29) is 41.9 Å². The molecule has 0 amide bonds. The number of hydrogen-bond donors (Lipinski definition) is 2. The van der Waals surface area contributed by atoms with Gasteiger partial charge in [-0.05, 0) is 33.6 Å². The van der Waals surface area contributed by atoms with Crippen LogP contribution >= 0.6 is 24.0 Å². The largest absolute Gasteiger partial charge is 0.389 e. The van der Waals surface area contributed by atoms with E-state index in [0.29, 0.717) is 13.0 Å². The first-order valence-corrected chi connectivity index (χ1v) is 5.25. The van der Waals surface area contributed by atoms with E-state index in [1.54, 1.807) is 0 Å². The highest BCUT2D eigenvalue weighted by Crippen LogP contribution is 2.21. The van der Waals surface area contributed by atoms with Crippen molar-refractivity contribution in [3.63, 3.8) is 0 Å². The number of nitrogens with one attached hydrogen (secondary N) is 1. The Morgan fingerprint density at radius 3 is 2.12 bits per heavy atom. The molecule has 17 heavy (non-hydrogen) atoms. The Morgan fingerprint density at radius 2 is 1.71 bits per heavy atom. The molecule has 104 valence electrons. The van der Waals surface area contributed by atoms with Crippen LogP contribution in [-0.2, 0) is 0 Å². The Bertz CT molecular complexity index is 234. The Labute approximate surface area is 117 Å². The molecule has 0 aromatic carbocycles. The zero-order chi connectivity index (χ0) is 12.8. The van der Waals surface area contributed by atoms with Crippen LogP contribution in [-0.4, -0.2) is 24.2 Å². The lowest BCUT2D eigenvalue weighted by atomic mass is 10.1. The molecule has 0 radical (unpaired) electrons. The van der Waals surface area contributed by atoms with Gasteiger partial charge in [-0.2, -0.15) is 13.2 Å². The first-order valence-electron chi connectivity index (χ1n) is 5.25. The van der Waals surface area contributed by atoms with Crippen molar-refractivity contribution in [1.82, 2.24) is 5.32 Å². The molecule has 0 unspecified atom stereocenters. The number of nitrogens with zero attached hydrogens (tertiary/aromatic N) is 1. The number of rotatable bonds is 4. The van der Waals surface area contributed by atoms with Crippen LogP contribution in [0.2, 0.25) is 0 Å². The van der Waals surface area contributed by atoms with Crippen LogP contribution in [0.15, 0.2) is 4.99 Å². The molecule has 0 atom stereocenters. The minimum absolute atomic E-state index is 0. The van der Waals surface area contributed by atoms with Gasteiger partial charge in [-0.1, -0.05) is 0 Å². The van der Waals surface area contributed by atoms with E-state index in [1.165, 1.54) is 0 Å². The van der Waals surface area contributed by atoms with Crippen LogP contribution in [0, 0.1) is 0 Å². The molecule has 3 nitrogen and oxygen atoms in total. The van der Waals surface area contributed by atoms with Crippen molar-refractivity contribution in [2.24, 2.45) is 10.7 Å². The van der Waals surface area contributed by atoms with Gasteiger partial charge in [0.15, 0.2) is 5.96 Å². The molecule has 0 bridgehead atoms. The fraction of sp³-hybridized carbons (Fsp3) is 0.900. The molecule has 0 aromatic heterocycles. The number of alkyl halides is 3. The summed E-state index contributed by atoms with van der Waals surface area (Å²) in [6.45, 7) is 6.11. The lowest BCUT2D eigenvalue weighted by Crippen LogP contribution is -2.45. The smallest absolute Gasteiger partial charge is 0.370 e. The second kappa shape index (κ2) is 7.99. The summed E-state index contributed by atoms with van der Waals surface area (Å²) in [5, 5.41) is 2.93. The number of nitrogens with two attached hydrogens (primary N) is 1. The van der Waals surface area contributed by atoms with Crippen LogP contribution in [0.1, 0.15) is 40.0 Å². The van der Waals surface area contributed by atoms with Crippen molar-refractivity contribution < 1.29 is 13.2 Å². The summed E-state index contributed by atoms with van der Waals surface area (Å²) in [5.41, 5.74) is 5.36. The van der Waals surface area contributed by atoms with E-state index in [0.717, 1.165) is 0 Å². The third-order valence-corrected chi connectivity index (χ3v) is 1.65. The van der Waals surface area contributed by atoms with Gasteiger partial charge < -0.3 is 11.1 Å². The molecule has 0 rings (SSSR count). The fourth-order valence-corrected chi connectivity index (χ4v) is 1.06. The molecule has 0 heterocycles. The van der Waals surface area contributed by atoms with Crippen molar-refractivity contribution in [2.75, 3.05) is 6.54 Å². The summed E-state index contributed by atoms with van der Waals surface area (Å²) < 4.78 is 35.4. The standard InChI is InChI=1S/C10H20F3N3.HI/c1-9(2,3)16-8(14)15-7-5-4-6-10(11,12)13;/h4-7H2,1-3H3,(H3,14,15,16);1H. The summed E-state index contributed by atoms with van der Waals surface area (Å²) in [4.78, 5) is 3.95. The van der Waals surface area contributed by atoms with E-state index in [1.807, 2.05) is 20.8 Å². The first-order chi connectivity index (χ1) is 7.10. The molecule has 3 N–H and O–H groups in total. The average Bonchev–Trinajstić information content (AvgIpc) is 1.97. The predicted octanol–water partition coefficient (Wildman–Crippen LogP) is 3.04. The van der Waals surface area contributed by atoms with Gasteiger partial charge in [0.05, 0.1) is 0 Å². The van der Waals surface area contributed by atoms with Crippen LogP contribution in [0.4, 0.5) is 13.2 Å². The second-order valence-electron chi connectivity index (χ2n) is 4.71. The van der Waals surface area contributed by atoms with Crippen molar-refractivity contribution in [3.05, 3.63) is 0 Å². The van der Waals surface area contributed by atoms with Crippen LogP contribution in [0.5, 0.6) is 0 Å². The molecule has 0 spiro atoms. The number of guanidine groups is 1. The third kappa shape index (κ3) is 15.8. The van der Waals surface area contributed by atoms with Gasteiger partial charge in [0.25, 0.3) is 0 Å². The maximum atomic E-state index is 11.8. The van der Waals surface area contributed by atoms with Gasteiger partial charge in [0, 0.05) is 18.5 Å². The first kappa shape index (κ1) is 19.1. The van der Waals surface area contributed by atoms with Gasteiger partial charge >= 0.3 is 6.18 Å². The zero-order valence-corrected chi connectivity index (χ0v) is 12.7. The Morgan fingerprint density at radius 1 is 1.18 bits per heavy atom. The average molecular weight is 367 g/mol. The lowest BCUT2D eigenvalue weighted by molar-refractivity contribution is -0.135. The molecular formula is C10H21F3IN3. The number of unbranched alkanes of at least 4 members (excludes halogenated alkanes) is 1. The lowest BCUT2D eigenvalue weighted by Gasteiger charge is -2.20. The van der Waals surface area contributed by atoms with Gasteiger partial charge in [0.2, 0.25) is 0 Å². The monoisotopic (exact) mass is 367 g/mol. The van der Waals surface area contributed by atoms with E-state index < -0.39 is 12.6 Å². The minimum Gasteiger partial charge on any atom is -0.370 e. The summed E-state index contributed by atoms with van der Waals surface area (Å²) in [6.07, 6.45) is -4.34. The molecule has 0 aliphatic rings. The van der Waals surface area contributed by atoms with E-state index in [4.69, 9.17) is 5.73 Å². The Kier molecular flexibility index (Phi) is 9.00. The highest BCUT2D eigenvalue weighted by atomic mass is 127. The molecule has 0 aromatic rings. The number of halogens is 4. The van der Waals surface area contributed by atoms with Crippen molar-refractivity contribution in [3.8, 4) is 0 Å². The zero-order valence-electron chi connectivity index (χ0n) is 10.4. The van der Waals surface area contributed by atoms with E-state index in [2.05, 4.69) is 10.3 Å². The van der Waals surface area contributed by atoms with E-state index in [9.17, 15) is 13.2 Å². The highest BCUT2D eigenvalue weighted by Gasteiger charge is 2.25. The summed E-state index contributed by atoms with van der Waals surface area (Å²) in [7, 11) is 0. The summed E-state index contributed by atoms with van der Waals surface area (Å²) in [6, 6.07) is 0. The number of aliphatic imine (C=N–C) groups is 1. The quantitative estimate of drug-likeness (QED) is 0.347. The molecule has 0 fully saturated rings. The van der Waals surface area contributed by atoms with Crippen LogP contribution < -0.4 is 11.1 Å². The molecule has 0 aliphatic heterocycles. The fourth-order valence-electron chi connectivity index (χ4n) is 1.06. The van der Waals surface area contributed by atoms with Gasteiger partial charge in [-0.3, -0.25) is 4.99 Å². The molecule has 0 saturated heterocycles. The maximum absolute atomic E-state index is 11.8. The van der Waals surface area contributed by atoms with E-state index >= 15 is 0 Å². The highest BCUT2D eigenvalue weighted by molar-refractivity contribution is 14.0. The van der Waals surface area contributed by atoms with Crippen LogP contribution in [0.25, 0.3) is 0 Å². The third-order valence-electron chi connectivity index (χ3n) is 1.65. The Balaban J connectivity index is 0. The minimum atomic E-state index is -4.07. The number of hydrogen-bond acceptors (Lipinski definition) is 1. The van der Waals surface area contributed by atoms with Crippen LogP contribution in [0.3, 0.4) is 0 Å². The van der Waals surface area contributed by atoms with Gasteiger partial charge in [-0.15, -0.1) is 24.0 Å².